The average molecular weight is 343 g/mol. The van der Waals surface area contributed by atoms with Crippen LogP contribution in [0, 0.1) is 19.8 Å². The standard InChI is InChI=1S/C18H25N5O2/c1-12-5-4-6-16(20-12)19-10-15-7-8-23(11-15)14(3)18(24)21-17-9-13(2)22-25-17/h4-6,9,14-15H,7-8,10-11H2,1-3H3,(H,19,20)(H,21,24)/t14-,15-/m1/s1. The van der Waals surface area contributed by atoms with Gasteiger partial charge in [0.25, 0.3) is 0 Å². The fourth-order valence-electron chi connectivity index (χ4n) is 3.09. The van der Waals surface area contributed by atoms with Gasteiger partial charge in [-0.05, 0) is 51.8 Å². The van der Waals surface area contributed by atoms with Crippen LogP contribution in [0.15, 0.2) is 28.8 Å². The first-order valence-corrected chi connectivity index (χ1v) is 8.67. The van der Waals surface area contributed by atoms with Gasteiger partial charge in [-0.2, -0.15) is 0 Å². The lowest BCUT2D eigenvalue weighted by molar-refractivity contribution is -0.120. The van der Waals surface area contributed by atoms with Crippen LogP contribution in [0.25, 0.3) is 0 Å². The summed E-state index contributed by atoms with van der Waals surface area (Å²) in [4.78, 5) is 19.0. The van der Waals surface area contributed by atoms with Gasteiger partial charge in [-0.25, -0.2) is 4.98 Å². The molecule has 2 aromatic rings. The maximum absolute atomic E-state index is 12.4. The molecule has 0 bridgehead atoms. The molecule has 7 heteroatoms. The smallest absolute Gasteiger partial charge is 0.243 e. The monoisotopic (exact) mass is 343 g/mol. The molecule has 3 rings (SSSR count). The second-order valence-corrected chi connectivity index (χ2v) is 6.69. The number of hydrogen-bond acceptors (Lipinski definition) is 6. The number of nitrogens with one attached hydrogen (secondary N) is 2. The fourth-order valence-corrected chi connectivity index (χ4v) is 3.09. The first-order valence-electron chi connectivity index (χ1n) is 8.67. The molecule has 1 saturated heterocycles. The van der Waals surface area contributed by atoms with Crippen molar-refractivity contribution in [3.05, 3.63) is 35.7 Å². The van der Waals surface area contributed by atoms with Crippen molar-refractivity contribution >= 4 is 17.6 Å². The molecular weight excluding hydrogens is 318 g/mol. The molecular formula is C18H25N5O2. The number of anilines is 2. The van der Waals surface area contributed by atoms with Crippen molar-refractivity contribution in [1.29, 1.82) is 0 Å². The molecule has 2 N–H and O–H groups in total. The Bertz CT molecular complexity index is 730. The molecule has 25 heavy (non-hydrogen) atoms. The number of amides is 1. The lowest BCUT2D eigenvalue weighted by Gasteiger charge is -2.23. The molecule has 1 aliphatic rings. The number of carbonyl (C=O) groups excluding carboxylic acids is 1. The molecule has 2 atom stereocenters. The summed E-state index contributed by atoms with van der Waals surface area (Å²) in [7, 11) is 0. The zero-order chi connectivity index (χ0) is 17.8. The molecule has 0 aromatic carbocycles. The summed E-state index contributed by atoms with van der Waals surface area (Å²) < 4.78 is 5.05. The quantitative estimate of drug-likeness (QED) is 0.838. The minimum atomic E-state index is -0.201. The van der Waals surface area contributed by atoms with Crippen LogP contribution in [0.3, 0.4) is 0 Å². The Morgan fingerprint density at radius 1 is 1.40 bits per heavy atom. The third kappa shape index (κ3) is 4.57. The van der Waals surface area contributed by atoms with E-state index in [0.717, 1.165) is 43.3 Å². The molecule has 7 nitrogen and oxygen atoms in total. The minimum absolute atomic E-state index is 0.0647. The predicted molar refractivity (Wildman–Crippen MR) is 96.5 cm³/mol. The largest absolute Gasteiger partial charge is 0.370 e. The summed E-state index contributed by atoms with van der Waals surface area (Å²) in [6.45, 7) is 8.40. The Morgan fingerprint density at radius 2 is 2.24 bits per heavy atom. The second kappa shape index (κ2) is 7.65. The van der Waals surface area contributed by atoms with Crippen LogP contribution >= 0.6 is 0 Å². The molecule has 1 aliphatic heterocycles. The highest BCUT2D eigenvalue weighted by Crippen LogP contribution is 2.20. The summed E-state index contributed by atoms with van der Waals surface area (Å²) in [5.41, 5.74) is 1.76. The Balaban J connectivity index is 1.47. The normalized spacial score (nSPS) is 18.9. The highest BCUT2D eigenvalue weighted by atomic mass is 16.5. The van der Waals surface area contributed by atoms with Gasteiger partial charge >= 0.3 is 0 Å². The molecule has 0 aliphatic carbocycles. The first-order chi connectivity index (χ1) is 12.0. The number of aromatic nitrogens is 2. The Kier molecular flexibility index (Phi) is 5.33. The first kappa shape index (κ1) is 17.4. The van der Waals surface area contributed by atoms with Gasteiger partial charge in [0.05, 0.1) is 11.7 Å². The van der Waals surface area contributed by atoms with E-state index < -0.39 is 0 Å². The highest BCUT2D eigenvalue weighted by molar-refractivity contribution is 5.93. The van der Waals surface area contributed by atoms with Gasteiger partial charge in [0.1, 0.15) is 5.82 Å². The number of rotatable bonds is 6. The van der Waals surface area contributed by atoms with E-state index in [1.165, 1.54) is 0 Å². The van der Waals surface area contributed by atoms with Crippen LogP contribution in [0.2, 0.25) is 0 Å². The Labute approximate surface area is 147 Å². The summed E-state index contributed by atoms with van der Waals surface area (Å²) in [5, 5.41) is 9.96. The van der Waals surface area contributed by atoms with Crippen LogP contribution in [0.5, 0.6) is 0 Å². The van der Waals surface area contributed by atoms with Gasteiger partial charge in [-0.3, -0.25) is 15.0 Å². The molecule has 1 amide bonds. The molecule has 0 unspecified atom stereocenters. The van der Waals surface area contributed by atoms with Gasteiger partial charge < -0.3 is 9.84 Å². The zero-order valence-corrected chi connectivity index (χ0v) is 15.0. The average Bonchev–Trinajstić information content (AvgIpc) is 3.21. The van der Waals surface area contributed by atoms with E-state index in [-0.39, 0.29) is 11.9 Å². The van der Waals surface area contributed by atoms with Crippen molar-refractivity contribution in [2.24, 2.45) is 5.92 Å². The van der Waals surface area contributed by atoms with E-state index in [9.17, 15) is 4.79 Å². The van der Waals surface area contributed by atoms with Crippen LogP contribution in [-0.2, 0) is 4.79 Å². The molecule has 2 aromatic heterocycles. The number of hydrogen-bond donors (Lipinski definition) is 2. The van der Waals surface area contributed by atoms with Gasteiger partial charge in [-0.1, -0.05) is 11.2 Å². The molecule has 0 saturated carbocycles. The molecule has 0 spiro atoms. The maximum atomic E-state index is 12.4. The molecule has 134 valence electrons. The molecule has 3 heterocycles. The second-order valence-electron chi connectivity index (χ2n) is 6.69. The van der Waals surface area contributed by atoms with Gasteiger partial charge in [0.2, 0.25) is 11.8 Å². The topological polar surface area (TPSA) is 83.3 Å². The van der Waals surface area contributed by atoms with Crippen LogP contribution in [-0.4, -0.2) is 46.6 Å². The van der Waals surface area contributed by atoms with Crippen molar-refractivity contribution < 1.29 is 9.32 Å². The van der Waals surface area contributed by atoms with Crippen molar-refractivity contribution in [2.45, 2.75) is 33.2 Å². The van der Waals surface area contributed by atoms with Crippen molar-refractivity contribution in [2.75, 3.05) is 30.3 Å². The van der Waals surface area contributed by atoms with E-state index in [1.54, 1.807) is 6.07 Å². The minimum Gasteiger partial charge on any atom is -0.370 e. The van der Waals surface area contributed by atoms with Gasteiger partial charge in [0.15, 0.2) is 0 Å². The molecule has 0 radical (unpaired) electrons. The Hall–Kier alpha value is -2.41. The van der Waals surface area contributed by atoms with E-state index in [0.29, 0.717) is 11.8 Å². The van der Waals surface area contributed by atoms with Gasteiger partial charge in [0, 0.05) is 24.8 Å². The third-order valence-corrected chi connectivity index (χ3v) is 4.58. The van der Waals surface area contributed by atoms with Crippen molar-refractivity contribution in [3.8, 4) is 0 Å². The summed E-state index contributed by atoms with van der Waals surface area (Å²) in [6, 6.07) is 7.49. The van der Waals surface area contributed by atoms with Crippen LogP contribution in [0.4, 0.5) is 11.7 Å². The lowest BCUT2D eigenvalue weighted by Crippen LogP contribution is -2.41. The van der Waals surface area contributed by atoms with Gasteiger partial charge in [-0.15, -0.1) is 0 Å². The SMILES string of the molecule is Cc1cc(NC(=O)[C@@H](C)N2CC[C@H](CNc3cccc(C)n3)C2)on1. The number of carbonyl (C=O) groups is 1. The zero-order valence-electron chi connectivity index (χ0n) is 15.0. The third-order valence-electron chi connectivity index (χ3n) is 4.58. The predicted octanol–water partition coefficient (Wildman–Crippen LogP) is 2.45. The number of likely N-dealkylation sites (tertiary alicyclic amines) is 1. The van der Waals surface area contributed by atoms with E-state index in [4.69, 9.17) is 4.52 Å². The van der Waals surface area contributed by atoms with E-state index in [2.05, 4.69) is 25.7 Å². The van der Waals surface area contributed by atoms with E-state index >= 15 is 0 Å². The van der Waals surface area contributed by atoms with E-state index in [1.807, 2.05) is 39.0 Å². The number of pyridine rings is 1. The Morgan fingerprint density at radius 3 is 2.96 bits per heavy atom. The van der Waals surface area contributed by atoms with Crippen LogP contribution < -0.4 is 10.6 Å². The maximum Gasteiger partial charge on any atom is 0.243 e. The van der Waals surface area contributed by atoms with Crippen LogP contribution in [0.1, 0.15) is 24.7 Å². The lowest BCUT2D eigenvalue weighted by atomic mass is 10.1. The molecule has 1 fully saturated rings. The van der Waals surface area contributed by atoms with Crippen molar-refractivity contribution in [3.63, 3.8) is 0 Å². The number of aryl methyl sites for hydroxylation is 2. The summed E-state index contributed by atoms with van der Waals surface area (Å²) in [5.74, 6) is 1.75. The summed E-state index contributed by atoms with van der Waals surface area (Å²) in [6.07, 6.45) is 1.07. The fraction of sp³-hybridized carbons (Fsp3) is 0.500. The summed E-state index contributed by atoms with van der Waals surface area (Å²) >= 11 is 0. The van der Waals surface area contributed by atoms with Crippen molar-refractivity contribution in [1.82, 2.24) is 15.0 Å². The number of nitrogens with zero attached hydrogens (tertiary/aromatic N) is 3. The highest BCUT2D eigenvalue weighted by Gasteiger charge is 2.29.